The van der Waals surface area contributed by atoms with Gasteiger partial charge in [-0.1, -0.05) is 41.9 Å². The van der Waals surface area contributed by atoms with Crippen molar-refractivity contribution in [1.29, 1.82) is 0 Å². The molecule has 0 fully saturated rings. The van der Waals surface area contributed by atoms with Crippen LogP contribution in [0.15, 0.2) is 76.1 Å². The van der Waals surface area contributed by atoms with Gasteiger partial charge in [-0.15, -0.1) is 0 Å². The highest BCUT2D eigenvalue weighted by Gasteiger charge is 2.23. The van der Waals surface area contributed by atoms with Crippen LogP contribution in [0.5, 0.6) is 23.0 Å². The number of rotatable bonds is 6. The second-order valence-electron chi connectivity index (χ2n) is 7.77. The summed E-state index contributed by atoms with van der Waals surface area (Å²) >= 11 is 6.29. The molecule has 7 heteroatoms. The van der Waals surface area contributed by atoms with E-state index in [-0.39, 0.29) is 11.2 Å². The Kier molecular flexibility index (Phi) is 5.94. The molecule has 0 N–H and O–H groups in total. The molecule has 0 saturated heterocycles. The molecule has 3 aromatic carbocycles. The fourth-order valence-corrected chi connectivity index (χ4v) is 4.18. The van der Waals surface area contributed by atoms with Crippen LogP contribution < -0.4 is 19.6 Å². The van der Waals surface area contributed by atoms with E-state index in [0.29, 0.717) is 35.7 Å². The fraction of sp³-hybridized carbons (Fsp3) is 0.192. The summed E-state index contributed by atoms with van der Waals surface area (Å²) in [5.74, 6) is 1.79. The number of methoxy groups -OCH3 is 1. The third-order valence-corrected chi connectivity index (χ3v) is 6.07. The normalized spacial score (nSPS) is 13.4. The average Bonchev–Trinajstić information content (AvgIpc) is 2.85. The van der Waals surface area contributed by atoms with Crippen LogP contribution in [-0.2, 0) is 13.0 Å². The Bertz CT molecular complexity index is 1370. The van der Waals surface area contributed by atoms with Crippen LogP contribution in [-0.4, -0.2) is 25.3 Å². The van der Waals surface area contributed by atoms with Crippen LogP contribution in [0.25, 0.3) is 11.0 Å². The maximum absolute atomic E-state index is 13.2. The molecule has 0 saturated carbocycles. The van der Waals surface area contributed by atoms with E-state index in [9.17, 15) is 4.79 Å². The van der Waals surface area contributed by atoms with Gasteiger partial charge in [0.05, 0.1) is 18.1 Å². The number of ether oxygens (including phenoxy) is 3. The third-order valence-electron chi connectivity index (χ3n) is 5.70. The van der Waals surface area contributed by atoms with Gasteiger partial charge in [-0.2, -0.15) is 0 Å². The SMILES string of the molecule is COc1ccccc1Oc1coc2c3c(ccc2c1=O)OCN(CCc1ccccc1Cl)C3. The average molecular weight is 464 g/mol. The lowest BCUT2D eigenvalue weighted by Crippen LogP contribution is -2.33. The number of para-hydroxylation sites is 2. The van der Waals surface area contributed by atoms with Crippen molar-refractivity contribution >= 4 is 22.6 Å². The van der Waals surface area contributed by atoms with Gasteiger partial charge in [0, 0.05) is 18.1 Å². The molecular formula is C26H22ClNO5. The van der Waals surface area contributed by atoms with E-state index in [1.54, 1.807) is 25.3 Å². The molecule has 1 aliphatic heterocycles. The van der Waals surface area contributed by atoms with Crippen molar-refractivity contribution in [2.24, 2.45) is 0 Å². The Labute approximate surface area is 195 Å². The van der Waals surface area contributed by atoms with Gasteiger partial charge in [-0.25, -0.2) is 0 Å². The second kappa shape index (κ2) is 9.17. The van der Waals surface area contributed by atoms with Gasteiger partial charge < -0.3 is 18.6 Å². The van der Waals surface area contributed by atoms with Crippen LogP contribution >= 0.6 is 11.6 Å². The lowest BCUT2D eigenvalue weighted by atomic mass is 10.1. The van der Waals surface area contributed by atoms with E-state index in [0.717, 1.165) is 34.9 Å². The van der Waals surface area contributed by atoms with E-state index in [1.807, 2.05) is 42.5 Å². The van der Waals surface area contributed by atoms with Crippen LogP contribution in [0.1, 0.15) is 11.1 Å². The molecule has 0 spiro atoms. The lowest BCUT2D eigenvalue weighted by molar-refractivity contribution is 0.0968. The van der Waals surface area contributed by atoms with Crippen molar-refractivity contribution in [3.8, 4) is 23.0 Å². The summed E-state index contributed by atoms with van der Waals surface area (Å²) in [6.07, 6.45) is 2.14. The van der Waals surface area contributed by atoms with Gasteiger partial charge in [0.1, 0.15) is 24.3 Å². The Morgan fingerprint density at radius 3 is 2.61 bits per heavy atom. The van der Waals surface area contributed by atoms with Crippen molar-refractivity contribution in [3.63, 3.8) is 0 Å². The lowest BCUT2D eigenvalue weighted by Gasteiger charge is -2.29. The maximum Gasteiger partial charge on any atom is 0.235 e. The van der Waals surface area contributed by atoms with Gasteiger partial charge >= 0.3 is 0 Å². The van der Waals surface area contributed by atoms with E-state index in [4.69, 9.17) is 30.2 Å². The molecule has 5 rings (SSSR count). The first kappa shape index (κ1) is 21.4. The van der Waals surface area contributed by atoms with Crippen LogP contribution in [0.4, 0.5) is 0 Å². The Hall–Kier alpha value is -3.48. The van der Waals surface area contributed by atoms with E-state index >= 15 is 0 Å². The highest BCUT2D eigenvalue weighted by Crippen LogP contribution is 2.34. The molecule has 0 radical (unpaired) electrons. The number of nitrogens with zero attached hydrogens (tertiary/aromatic N) is 1. The summed E-state index contributed by atoms with van der Waals surface area (Å²) in [6.45, 7) is 1.83. The van der Waals surface area contributed by atoms with Gasteiger partial charge in [-0.05, 0) is 42.3 Å². The molecule has 0 unspecified atom stereocenters. The largest absolute Gasteiger partial charge is 0.493 e. The monoisotopic (exact) mass is 463 g/mol. The molecule has 0 bridgehead atoms. The second-order valence-corrected chi connectivity index (χ2v) is 8.18. The summed E-state index contributed by atoms with van der Waals surface area (Å²) in [5.41, 5.74) is 2.19. The number of hydrogen-bond acceptors (Lipinski definition) is 6. The number of halogens is 1. The summed E-state index contributed by atoms with van der Waals surface area (Å²) in [6, 6.07) is 18.5. The van der Waals surface area contributed by atoms with E-state index in [2.05, 4.69) is 4.90 Å². The first-order valence-electron chi connectivity index (χ1n) is 10.6. The zero-order valence-electron chi connectivity index (χ0n) is 18.0. The molecule has 2 heterocycles. The summed E-state index contributed by atoms with van der Waals surface area (Å²) in [5, 5.41) is 1.20. The summed E-state index contributed by atoms with van der Waals surface area (Å²) in [7, 11) is 1.55. The zero-order chi connectivity index (χ0) is 22.8. The number of fused-ring (bicyclic) bond motifs is 3. The highest BCUT2D eigenvalue weighted by atomic mass is 35.5. The van der Waals surface area contributed by atoms with Crippen molar-refractivity contribution < 1.29 is 18.6 Å². The first-order chi connectivity index (χ1) is 16.1. The Morgan fingerprint density at radius 2 is 1.79 bits per heavy atom. The minimum Gasteiger partial charge on any atom is -0.493 e. The topological polar surface area (TPSA) is 61.1 Å². The van der Waals surface area contributed by atoms with Crippen LogP contribution in [0, 0.1) is 0 Å². The highest BCUT2D eigenvalue weighted by molar-refractivity contribution is 6.31. The third kappa shape index (κ3) is 4.27. The zero-order valence-corrected chi connectivity index (χ0v) is 18.8. The maximum atomic E-state index is 13.2. The van der Waals surface area contributed by atoms with E-state index < -0.39 is 0 Å². The summed E-state index contributed by atoms with van der Waals surface area (Å²) in [4.78, 5) is 15.3. The molecule has 1 aliphatic rings. The van der Waals surface area contributed by atoms with Crippen molar-refractivity contribution in [1.82, 2.24) is 4.90 Å². The van der Waals surface area contributed by atoms with Gasteiger partial charge in [-0.3, -0.25) is 9.69 Å². The molecule has 0 atom stereocenters. The van der Waals surface area contributed by atoms with Crippen molar-refractivity contribution in [2.75, 3.05) is 20.4 Å². The Morgan fingerprint density at radius 1 is 1.00 bits per heavy atom. The van der Waals surface area contributed by atoms with Gasteiger partial charge in [0.15, 0.2) is 11.5 Å². The standard InChI is InChI=1S/C26H22ClNO5/c1-30-22-8-4-5-9-23(22)33-24-15-31-26-18(25(24)29)10-11-21-19(26)14-28(16-32-21)13-12-17-6-2-3-7-20(17)27/h2-11,15H,12-14,16H2,1H3. The molecular weight excluding hydrogens is 442 g/mol. The molecule has 6 nitrogen and oxygen atoms in total. The Balaban J connectivity index is 1.41. The van der Waals surface area contributed by atoms with Crippen LogP contribution in [0.2, 0.25) is 5.02 Å². The van der Waals surface area contributed by atoms with E-state index in [1.165, 1.54) is 6.26 Å². The number of benzene rings is 3. The molecule has 4 aromatic rings. The predicted molar refractivity (Wildman–Crippen MR) is 127 cm³/mol. The molecule has 0 aliphatic carbocycles. The molecule has 1 aromatic heterocycles. The molecule has 0 amide bonds. The molecule has 33 heavy (non-hydrogen) atoms. The fourth-order valence-electron chi connectivity index (χ4n) is 3.95. The minimum absolute atomic E-state index is 0.0965. The van der Waals surface area contributed by atoms with Crippen molar-refractivity contribution in [2.45, 2.75) is 13.0 Å². The molecule has 168 valence electrons. The minimum atomic E-state index is -0.252. The van der Waals surface area contributed by atoms with Crippen molar-refractivity contribution in [3.05, 3.63) is 93.3 Å². The van der Waals surface area contributed by atoms with Crippen LogP contribution in [0.3, 0.4) is 0 Å². The predicted octanol–water partition coefficient (Wildman–Crippen LogP) is 5.64. The first-order valence-corrected chi connectivity index (χ1v) is 11.0. The quantitative estimate of drug-likeness (QED) is 0.368. The summed E-state index contributed by atoms with van der Waals surface area (Å²) < 4.78 is 23.0. The van der Waals surface area contributed by atoms with Gasteiger partial charge in [0.25, 0.3) is 0 Å². The van der Waals surface area contributed by atoms with Gasteiger partial charge in [0.2, 0.25) is 11.2 Å². The smallest absolute Gasteiger partial charge is 0.235 e. The number of hydrogen-bond donors (Lipinski definition) is 0.